The van der Waals surface area contributed by atoms with E-state index in [-0.39, 0.29) is 6.23 Å². The summed E-state index contributed by atoms with van der Waals surface area (Å²) in [6.45, 7) is 5.13. The van der Waals surface area contributed by atoms with Crippen LogP contribution in [0.3, 0.4) is 0 Å². The maximum absolute atomic E-state index is 5.68. The molecule has 0 aliphatic heterocycles. The van der Waals surface area contributed by atoms with Gasteiger partial charge in [-0.15, -0.1) is 0 Å². The van der Waals surface area contributed by atoms with Crippen LogP contribution in [0.25, 0.3) is 0 Å². The lowest BCUT2D eigenvalue weighted by Gasteiger charge is -2.09. The Kier molecular flexibility index (Phi) is 15.4. The highest BCUT2D eigenvalue weighted by molar-refractivity contribution is 4.81. The third-order valence-corrected chi connectivity index (χ3v) is 3.39. The second kappa shape index (κ2) is 15.7. The average molecular weight is 269 g/mol. The molecule has 0 heterocycles. The van der Waals surface area contributed by atoms with Gasteiger partial charge in [0.1, 0.15) is 6.23 Å². The van der Waals surface area contributed by atoms with Gasteiger partial charge in [0.05, 0.1) is 0 Å². The zero-order valence-electron chi connectivity index (χ0n) is 13.2. The monoisotopic (exact) mass is 269 g/mol. The molecule has 0 saturated heterocycles. The molecule has 2 nitrogen and oxygen atoms in total. The Balaban J connectivity index is 3.04. The van der Waals surface area contributed by atoms with Gasteiger partial charge in [-0.25, -0.2) is 0 Å². The number of rotatable bonds is 14. The minimum absolute atomic E-state index is 0.0560. The number of ether oxygens (including phenoxy) is 1. The smallest absolute Gasteiger partial charge is 0.105 e. The molecule has 0 aliphatic carbocycles. The standard InChI is InChI=1S/C17H35NO/c1-3-5-6-7-8-9-10-11-12-13-14-15-16-19-17(18)4-2/h7-8,17H,3-6,9-16,18H2,1-2H3. The number of nitrogens with two attached hydrogens (primary N) is 1. The summed E-state index contributed by atoms with van der Waals surface area (Å²) in [7, 11) is 0. The minimum Gasteiger partial charge on any atom is -0.364 e. The molecule has 0 aromatic rings. The minimum atomic E-state index is -0.0560. The van der Waals surface area contributed by atoms with Gasteiger partial charge in [0.25, 0.3) is 0 Å². The molecular formula is C17H35NO. The first-order valence-electron chi connectivity index (χ1n) is 8.33. The third-order valence-electron chi connectivity index (χ3n) is 3.39. The van der Waals surface area contributed by atoms with Crippen LogP contribution in [-0.4, -0.2) is 12.8 Å². The van der Waals surface area contributed by atoms with E-state index in [9.17, 15) is 0 Å². The van der Waals surface area contributed by atoms with Gasteiger partial charge in [0.15, 0.2) is 0 Å². The normalized spacial score (nSPS) is 13.2. The van der Waals surface area contributed by atoms with E-state index in [0.717, 1.165) is 19.4 Å². The molecule has 0 rings (SSSR count). The van der Waals surface area contributed by atoms with Gasteiger partial charge in [-0.2, -0.15) is 0 Å². The lowest BCUT2D eigenvalue weighted by Crippen LogP contribution is -2.22. The second-order valence-corrected chi connectivity index (χ2v) is 5.34. The molecule has 19 heavy (non-hydrogen) atoms. The lowest BCUT2D eigenvalue weighted by molar-refractivity contribution is 0.0526. The van der Waals surface area contributed by atoms with Gasteiger partial charge in [0.2, 0.25) is 0 Å². The molecule has 2 N–H and O–H groups in total. The third kappa shape index (κ3) is 15.6. The molecule has 0 saturated carbocycles. The van der Waals surface area contributed by atoms with Crippen molar-refractivity contribution in [1.29, 1.82) is 0 Å². The summed E-state index contributed by atoms with van der Waals surface area (Å²) in [5.41, 5.74) is 5.68. The Hall–Kier alpha value is -0.340. The van der Waals surface area contributed by atoms with Crippen LogP contribution < -0.4 is 5.73 Å². The topological polar surface area (TPSA) is 35.2 Å². The van der Waals surface area contributed by atoms with Crippen LogP contribution in [-0.2, 0) is 4.74 Å². The molecule has 1 unspecified atom stereocenters. The lowest BCUT2D eigenvalue weighted by atomic mass is 10.1. The molecule has 0 spiro atoms. The molecular weight excluding hydrogens is 234 g/mol. The molecule has 0 aromatic heterocycles. The summed E-state index contributed by atoms with van der Waals surface area (Å²) < 4.78 is 5.45. The van der Waals surface area contributed by atoms with Gasteiger partial charge in [-0.3, -0.25) is 0 Å². The van der Waals surface area contributed by atoms with E-state index in [1.807, 2.05) is 0 Å². The van der Waals surface area contributed by atoms with Gasteiger partial charge in [-0.05, 0) is 32.1 Å². The quantitative estimate of drug-likeness (QED) is 0.268. The summed E-state index contributed by atoms with van der Waals surface area (Å²) in [5, 5.41) is 0. The summed E-state index contributed by atoms with van der Waals surface area (Å²) >= 11 is 0. The van der Waals surface area contributed by atoms with E-state index in [4.69, 9.17) is 10.5 Å². The molecule has 114 valence electrons. The molecule has 1 atom stereocenters. The van der Waals surface area contributed by atoms with E-state index >= 15 is 0 Å². The summed E-state index contributed by atoms with van der Waals surface area (Å²) in [5.74, 6) is 0. The molecule has 0 aromatic carbocycles. The van der Waals surface area contributed by atoms with Crippen LogP contribution in [0, 0.1) is 0 Å². The predicted octanol–water partition coefficient (Wildman–Crippen LogP) is 5.17. The second-order valence-electron chi connectivity index (χ2n) is 5.34. The summed E-state index contributed by atoms with van der Waals surface area (Å²) in [6, 6.07) is 0. The van der Waals surface area contributed by atoms with Crippen molar-refractivity contribution in [2.75, 3.05) is 6.61 Å². The fourth-order valence-corrected chi connectivity index (χ4v) is 1.98. The Morgan fingerprint density at radius 2 is 1.42 bits per heavy atom. The molecule has 0 bridgehead atoms. The van der Waals surface area contributed by atoms with E-state index in [2.05, 4.69) is 26.0 Å². The Morgan fingerprint density at radius 3 is 2.05 bits per heavy atom. The maximum atomic E-state index is 5.68. The highest BCUT2D eigenvalue weighted by atomic mass is 16.5. The largest absolute Gasteiger partial charge is 0.364 e. The SMILES string of the molecule is CCCCC=CCCCCCCCCOC(N)CC. The van der Waals surface area contributed by atoms with Crippen LogP contribution in [0.4, 0.5) is 0 Å². The molecule has 0 amide bonds. The van der Waals surface area contributed by atoms with Crippen molar-refractivity contribution in [3.8, 4) is 0 Å². The highest BCUT2D eigenvalue weighted by Gasteiger charge is 1.97. The number of hydrogen-bond donors (Lipinski definition) is 1. The Morgan fingerprint density at radius 1 is 0.842 bits per heavy atom. The van der Waals surface area contributed by atoms with E-state index in [1.54, 1.807) is 0 Å². The van der Waals surface area contributed by atoms with Crippen molar-refractivity contribution in [3.05, 3.63) is 12.2 Å². The zero-order chi connectivity index (χ0) is 14.2. The van der Waals surface area contributed by atoms with E-state index in [1.165, 1.54) is 57.8 Å². The van der Waals surface area contributed by atoms with Gasteiger partial charge in [0, 0.05) is 6.61 Å². The number of hydrogen-bond acceptors (Lipinski definition) is 2. The number of unbranched alkanes of at least 4 members (excludes halogenated alkanes) is 8. The predicted molar refractivity (Wildman–Crippen MR) is 85.2 cm³/mol. The van der Waals surface area contributed by atoms with Crippen LogP contribution in [0.2, 0.25) is 0 Å². The van der Waals surface area contributed by atoms with Crippen molar-refractivity contribution in [2.45, 2.75) is 90.7 Å². The van der Waals surface area contributed by atoms with Gasteiger partial charge in [-0.1, -0.05) is 64.5 Å². The molecule has 0 aliphatic rings. The van der Waals surface area contributed by atoms with Crippen molar-refractivity contribution < 1.29 is 4.74 Å². The van der Waals surface area contributed by atoms with E-state index < -0.39 is 0 Å². The Labute approximate surface area is 120 Å². The fourth-order valence-electron chi connectivity index (χ4n) is 1.98. The molecule has 2 heteroatoms. The fraction of sp³-hybridized carbons (Fsp3) is 0.882. The van der Waals surface area contributed by atoms with Crippen LogP contribution in [0.5, 0.6) is 0 Å². The average Bonchev–Trinajstić information content (AvgIpc) is 2.43. The van der Waals surface area contributed by atoms with Crippen LogP contribution in [0.15, 0.2) is 12.2 Å². The first-order chi connectivity index (χ1) is 9.31. The van der Waals surface area contributed by atoms with Crippen LogP contribution >= 0.6 is 0 Å². The molecule has 0 radical (unpaired) electrons. The summed E-state index contributed by atoms with van der Waals surface area (Å²) in [6.07, 6.45) is 18.6. The van der Waals surface area contributed by atoms with E-state index in [0.29, 0.717) is 0 Å². The summed E-state index contributed by atoms with van der Waals surface area (Å²) in [4.78, 5) is 0. The Bertz CT molecular complexity index is 192. The number of allylic oxidation sites excluding steroid dienone is 2. The maximum Gasteiger partial charge on any atom is 0.105 e. The first kappa shape index (κ1) is 18.7. The first-order valence-corrected chi connectivity index (χ1v) is 8.33. The highest BCUT2D eigenvalue weighted by Crippen LogP contribution is 2.08. The van der Waals surface area contributed by atoms with Crippen molar-refractivity contribution in [2.24, 2.45) is 5.73 Å². The van der Waals surface area contributed by atoms with Crippen LogP contribution in [0.1, 0.15) is 84.5 Å². The van der Waals surface area contributed by atoms with Gasteiger partial charge >= 0.3 is 0 Å². The van der Waals surface area contributed by atoms with Gasteiger partial charge < -0.3 is 10.5 Å². The van der Waals surface area contributed by atoms with Crippen molar-refractivity contribution >= 4 is 0 Å². The van der Waals surface area contributed by atoms with Crippen molar-refractivity contribution in [3.63, 3.8) is 0 Å². The zero-order valence-corrected chi connectivity index (χ0v) is 13.2. The van der Waals surface area contributed by atoms with Crippen molar-refractivity contribution in [1.82, 2.24) is 0 Å². The molecule has 0 fully saturated rings.